The lowest BCUT2D eigenvalue weighted by Crippen LogP contribution is -2.21. The summed E-state index contributed by atoms with van der Waals surface area (Å²) in [5.74, 6) is 0.519. The van der Waals surface area contributed by atoms with Crippen LogP contribution in [0.5, 0.6) is 0 Å². The molecule has 3 nitrogen and oxygen atoms in total. The van der Waals surface area contributed by atoms with Gasteiger partial charge in [0.2, 0.25) is 0 Å². The zero-order valence-electron chi connectivity index (χ0n) is 14.3. The van der Waals surface area contributed by atoms with Gasteiger partial charge in [0.15, 0.2) is 5.78 Å². The van der Waals surface area contributed by atoms with Crippen LogP contribution in [0.4, 0.5) is 0 Å². The zero-order valence-corrected chi connectivity index (χ0v) is 15.1. The Kier molecular flexibility index (Phi) is 5.07. The van der Waals surface area contributed by atoms with Gasteiger partial charge in [-0.2, -0.15) is 0 Å². The summed E-state index contributed by atoms with van der Waals surface area (Å²) < 4.78 is 0. The maximum absolute atomic E-state index is 12.9. The summed E-state index contributed by atoms with van der Waals surface area (Å²) in [6.45, 7) is 3.04. The van der Waals surface area contributed by atoms with Crippen LogP contribution in [-0.2, 0) is 0 Å². The molecular weight excluding hydrogens is 316 g/mol. The Morgan fingerprint density at radius 1 is 1.21 bits per heavy atom. The van der Waals surface area contributed by atoms with Crippen LogP contribution in [0.15, 0.2) is 47.8 Å². The van der Waals surface area contributed by atoms with Crippen molar-refractivity contribution in [3.63, 3.8) is 0 Å². The van der Waals surface area contributed by atoms with Gasteiger partial charge in [-0.1, -0.05) is 31.2 Å². The highest BCUT2D eigenvalue weighted by Crippen LogP contribution is 2.29. The molecule has 1 atom stereocenters. The van der Waals surface area contributed by atoms with Crippen molar-refractivity contribution in [3.05, 3.63) is 53.4 Å². The molecule has 3 rings (SSSR count). The minimum Gasteiger partial charge on any atom is -0.309 e. The second-order valence-electron chi connectivity index (χ2n) is 6.54. The average molecular weight is 338 g/mol. The van der Waals surface area contributed by atoms with E-state index in [0.717, 1.165) is 33.6 Å². The molecular formula is C20H22N2OS. The standard InChI is InChI=1S/C20H22N2OS/c1-14(13-22(2)3)11-19(23)16-12-18(20-9-6-10-24-20)21-17-8-5-4-7-15(16)17/h4-10,12,14H,11,13H2,1-3H3. The Hall–Kier alpha value is -2.04. The number of para-hydroxylation sites is 1. The molecule has 0 radical (unpaired) electrons. The molecule has 1 unspecified atom stereocenters. The van der Waals surface area contributed by atoms with E-state index in [1.54, 1.807) is 11.3 Å². The minimum atomic E-state index is 0.195. The number of aromatic nitrogens is 1. The van der Waals surface area contributed by atoms with Crippen LogP contribution in [0.2, 0.25) is 0 Å². The minimum absolute atomic E-state index is 0.195. The number of rotatable bonds is 6. The predicted molar refractivity (Wildman–Crippen MR) is 102 cm³/mol. The molecule has 3 aromatic rings. The number of carbonyl (C=O) groups is 1. The molecule has 24 heavy (non-hydrogen) atoms. The van der Waals surface area contributed by atoms with E-state index < -0.39 is 0 Å². The maximum Gasteiger partial charge on any atom is 0.163 e. The lowest BCUT2D eigenvalue weighted by molar-refractivity contribution is 0.0959. The fourth-order valence-electron chi connectivity index (χ4n) is 3.07. The van der Waals surface area contributed by atoms with Crippen molar-refractivity contribution < 1.29 is 4.79 Å². The number of hydrogen-bond acceptors (Lipinski definition) is 4. The predicted octanol–water partition coefficient (Wildman–Crippen LogP) is 4.73. The van der Waals surface area contributed by atoms with Crippen molar-refractivity contribution in [1.82, 2.24) is 9.88 Å². The number of benzene rings is 1. The first-order chi connectivity index (χ1) is 11.5. The van der Waals surface area contributed by atoms with E-state index in [0.29, 0.717) is 12.3 Å². The molecule has 0 aliphatic heterocycles. The molecule has 2 aromatic heterocycles. The van der Waals surface area contributed by atoms with Crippen molar-refractivity contribution >= 4 is 28.0 Å². The van der Waals surface area contributed by atoms with Gasteiger partial charge in [0, 0.05) is 23.9 Å². The van der Waals surface area contributed by atoms with Gasteiger partial charge in [-0.15, -0.1) is 11.3 Å². The van der Waals surface area contributed by atoms with Crippen LogP contribution in [0, 0.1) is 5.92 Å². The van der Waals surface area contributed by atoms with Crippen LogP contribution >= 0.6 is 11.3 Å². The van der Waals surface area contributed by atoms with E-state index in [9.17, 15) is 4.79 Å². The van der Waals surface area contributed by atoms with Crippen LogP contribution in [0.25, 0.3) is 21.5 Å². The topological polar surface area (TPSA) is 33.2 Å². The molecule has 0 saturated heterocycles. The van der Waals surface area contributed by atoms with Crippen molar-refractivity contribution in [2.75, 3.05) is 20.6 Å². The molecule has 124 valence electrons. The van der Waals surface area contributed by atoms with E-state index >= 15 is 0 Å². The number of pyridine rings is 1. The maximum atomic E-state index is 12.9. The average Bonchev–Trinajstić information content (AvgIpc) is 3.07. The second kappa shape index (κ2) is 7.24. The summed E-state index contributed by atoms with van der Waals surface area (Å²) in [5.41, 5.74) is 2.55. The fourth-order valence-corrected chi connectivity index (χ4v) is 3.76. The number of thiophene rings is 1. The number of hydrogen-bond donors (Lipinski definition) is 0. The summed E-state index contributed by atoms with van der Waals surface area (Å²) >= 11 is 1.65. The number of Topliss-reactive ketones (excluding diaryl/α,β-unsaturated/α-hetero) is 1. The summed E-state index contributed by atoms with van der Waals surface area (Å²) in [6.07, 6.45) is 0.552. The summed E-state index contributed by atoms with van der Waals surface area (Å²) in [7, 11) is 4.08. The van der Waals surface area contributed by atoms with Gasteiger partial charge in [0.05, 0.1) is 16.1 Å². The van der Waals surface area contributed by atoms with Crippen molar-refractivity contribution in [1.29, 1.82) is 0 Å². The van der Waals surface area contributed by atoms with Crippen LogP contribution in [0.3, 0.4) is 0 Å². The van der Waals surface area contributed by atoms with Gasteiger partial charge in [-0.05, 0) is 43.6 Å². The molecule has 0 N–H and O–H groups in total. The van der Waals surface area contributed by atoms with E-state index in [2.05, 4.69) is 11.8 Å². The van der Waals surface area contributed by atoms with Gasteiger partial charge in [-0.3, -0.25) is 4.79 Å². The highest BCUT2D eigenvalue weighted by molar-refractivity contribution is 7.13. The first-order valence-electron chi connectivity index (χ1n) is 8.16. The molecule has 0 spiro atoms. The zero-order chi connectivity index (χ0) is 17.1. The lowest BCUT2D eigenvalue weighted by atomic mass is 9.96. The quantitative estimate of drug-likeness (QED) is 0.609. The van der Waals surface area contributed by atoms with E-state index in [1.807, 2.05) is 61.9 Å². The molecule has 1 aromatic carbocycles. The van der Waals surface area contributed by atoms with Crippen LogP contribution in [0.1, 0.15) is 23.7 Å². The summed E-state index contributed by atoms with van der Waals surface area (Å²) in [6, 6.07) is 13.9. The highest BCUT2D eigenvalue weighted by Gasteiger charge is 2.17. The number of nitrogens with zero attached hydrogens (tertiary/aromatic N) is 2. The van der Waals surface area contributed by atoms with Crippen LogP contribution < -0.4 is 0 Å². The molecule has 0 aliphatic rings. The molecule has 0 bridgehead atoms. The first kappa shape index (κ1) is 16.8. The Labute approximate surface area is 147 Å². The van der Waals surface area contributed by atoms with Gasteiger partial charge in [0.1, 0.15) is 0 Å². The Morgan fingerprint density at radius 2 is 2.00 bits per heavy atom. The number of ketones is 1. The summed E-state index contributed by atoms with van der Waals surface area (Å²) in [5, 5.41) is 2.98. The second-order valence-corrected chi connectivity index (χ2v) is 7.49. The fraction of sp³-hybridized carbons (Fsp3) is 0.300. The van der Waals surface area contributed by atoms with E-state index in [-0.39, 0.29) is 5.78 Å². The number of fused-ring (bicyclic) bond motifs is 1. The van der Waals surface area contributed by atoms with Gasteiger partial charge >= 0.3 is 0 Å². The van der Waals surface area contributed by atoms with Crippen molar-refractivity contribution in [2.45, 2.75) is 13.3 Å². The van der Waals surface area contributed by atoms with Gasteiger partial charge < -0.3 is 4.90 Å². The first-order valence-corrected chi connectivity index (χ1v) is 9.04. The Bertz CT molecular complexity index is 840. The third-order valence-corrected chi connectivity index (χ3v) is 4.89. The molecule has 0 saturated carbocycles. The van der Waals surface area contributed by atoms with Crippen molar-refractivity contribution in [3.8, 4) is 10.6 Å². The van der Waals surface area contributed by atoms with E-state index in [1.165, 1.54) is 0 Å². The molecule has 2 heterocycles. The number of carbonyl (C=O) groups excluding carboxylic acids is 1. The van der Waals surface area contributed by atoms with E-state index in [4.69, 9.17) is 4.98 Å². The monoisotopic (exact) mass is 338 g/mol. The smallest absolute Gasteiger partial charge is 0.163 e. The summed E-state index contributed by atoms with van der Waals surface area (Å²) in [4.78, 5) is 20.9. The molecule has 0 aliphatic carbocycles. The van der Waals surface area contributed by atoms with Crippen molar-refractivity contribution in [2.24, 2.45) is 5.92 Å². The molecule has 0 fully saturated rings. The highest BCUT2D eigenvalue weighted by atomic mass is 32.1. The molecule has 0 amide bonds. The third-order valence-electron chi connectivity index (χ3n) is 4.00. The lowest BCUT2D eigenvalue weighted by Gasteiger charge is -2.16. The normalized spacial score (nSPS) is 12.7. The SMILES string of the molecule is CC(CC(=O)c1cc(-c2cccs2)nc2ccccc12)CN(C)C. The Balaban J connectivity index is 2.00. The van der Waals surface area contributed by atoms with Gasteiger partial charge in [0.25, 0.3) is 0 Å². The van der Waals surface area contributed by atoms with Gasteiger partial charge in [-0.25, -0.2) is 4.98 Å². The largest absolute Gasteiger partial charge is 0.309 e. The molecule has 4 heteroatoms. The third kappa shape index (κ3) is 3.71. The Morgan fingerprint density at radius 3 is 2.71 bits per heavy atom. The van der Waals surface area contributed by atoms with Crippen LogP contribution in [-0.4, -0.2) is 36.3 Å².